The summed E-state index contributed by atoms with van der Waals surface area (Å²) in [5.74, 6) is 0.958. The summed E-state index contributed by atoms with van der Waals surface area (Å²) >= 11 is 0. The summed E-state index contributed by atoms with van der Waals surface area (Å²) in [4.78, 5) is 0. The molecule has 92 valence electrons. The summed E-state index contributed by atoms with van der Waals surface area (Å²) in [6.45, 7) is 2.87. The number of fused-ring (bicyclic) bond motifs is 1. The van der Waals surface area contributed by atoms with E-state index in [4.69, 9.17) is 8.83 Å². The molecule has 0 spiro atoms. The van der Waals surface area contributed by atoms with E-state index >= 15 is 0 Å². The van der Waals surface area contributed by atoms with Gasteiger partial charge in [-0.2, -0.15) is 0 Å². The van der Waals surface area contributed by atoms with Crippen molar-refractivity contribution in [1.29, 1.82) is 0 Å². The topological polar surface area (TPSA) is 38.3 Å². The highest BCUT2D eigenvalue weighted by molar-refractivity contribution is 5.77. The van der Waals surface area contributed by atoms with E-state index in [0.29, 0.717) is 0 Å². The summed E-state index contributed by atoms with van der Waals surface area (Å²) in [5, 5.41) is 4.55. The minimum absolute atomic E-state index is 0.173. The van der Waals surface area contributed by atoms with Crippen LogP contribution in [0.15, 0.2) is 57.8 Å². The molecule has 0 saturated heterocycles. The summed E-state index contributed by atoms with van der Waals surface area (Å²) in [6, 6.07) is 12.3. The molecule has 1 N–H and O–H groups in total. The van der Waals surface area contributed by atoms with Gasteiger partial charge in [0.15, 0.2) is 0 Å². The molecule has 0 radical (unpaired) electrons. The van der Waals surface area contributed by atoms with E-state index in [1.54, 1.807) is 12.5 Å². The van der Waals surface area contributed by atoms with Crippen molar-refractivity contribution < 1.29 is 8.83 Å². The largest absolute Gasteiger partial charge is 0.472 e. The summed E-state index contributed by atoms with van der Waals surface area (Å²) in [6.07, 6.45) is 3.43. The van der Waals surface area contributed by atoms with Crippen molar-refractivity contribution in [2.45, 2.75) is 19.5 Å². The first-order valence-electron chi connectivity index (χ1n) is 6.06. The molecular weight excluding hydrogens is 226 g/mol. The molecule has 3 aromatic rings. The van der Waals surface area contributed by atoms with Crippen LogP contribution in [0.3, 0.4) is 0 Å². The Balaban J connectivity index is 1.73. The lowest BCUT2D eigenvalue weighted by molar-refractivity contribution is 0.449. The van der Waals surface area contributed by atoms with Gasteiger partial charge >= 0.3 is 0 Å². The van der Waals surface area contributed by atoms with Crippen LogP contribution in [0, 0.1) is 0 Å². The van der Waals surface area contributed by atoms with Crippen LogP contribution in [-0.2, 0) is 6.54 Å². The van der Waals surface area contributed by atoms with Crippen molar-refractivity contribution in [2.75, 3.05) is 0 Å². The molecule has 1 unspecified atom stereocenters. The fourth-order valence-electron chi connectivity index (χ4n) is 1.98. The van der Waals surface area contributed by atoms with Crippen molar-refractivity contribution in [3.63, 3.8) is 0 Å². The fourth-order valence-corrected chi connectivity index (χ4v) is 1.98. The van der Waals surface area contributed by atoms with Crippen LogP contribution in [0.25, 0.3) is 11.0 Å². The maximum absolute atomic E-state index is 5.81. The highest BCUT2D eigenvalue weighted by Gasteiger charge is 2.10. The lowest BCUT2D eigenvalue weighted by Crippen LogP contribution is -2.17. The van der Waals surface area contributed by atoms with Crippen LogP contribution >= 0.6 is 0 Å². The molecule has 0 fully saturated rings. The van der Waals surface area contributed by atoms with Gasteiger partial charge in [-0.25, -0.2) is 0 Å². The number of nitrogens with one attached hydrogen (secondary N) is 1. The number of benzene rings is 1. The van der Waals surface area contributed by atoms with E-state index in [1.807, 2.05) is 24.3 Å². The number of hydrogen-bond acceptors (Lipinski definition) is 3. The van der Waals surface area contributed by atoms with Crippen LogP contribution in [0.1, 0.15) is 24.3 Å². The van der Waals surface area contributed by atoms with Gasteiger partial charge in [-0.3, -0.25) is 0 Å². The minimum Gasteiger partial charge on any atom is -0.472 e. The van der Waals surface area contributed by atoms with Crippen molar-refractivity contribution in [2.24, 2.45) is 0 Å². The zero-order valence-corrected chi connectivity index (χ0v) is 10.2. The Bertz CT molecular complexity index is 592. The Morgan fingerprint density at radius 1 is 1.22 bits per heavy atom. The molecule has 0 amide bonds. The van der Waals surface area contributed by atoms with Gasteiger partial charge in [0.05, 0.1) is 18.6 Å². The van der Waals surface area contributed by atoms with Crippen molar-refractivity contribution >= 4 is 11.0 Å². The zero-order chi connectivity index (χ0) is 12.4. The molecule has 3 nitrogen and oxygen atoms in total. The maximum Gasteiger partial charge on any atom is 0.134 e. The van der Waals surface area contributed by atoms with Gasteiger partial charge in [-0.05, 0) is 25.1 Å². The Hall–Kier alpha value is -2.00. The summed E-state index contributed by atoms with van der Waals surface area (Å²) in [5.41, 5.74) is 2.07. The molecule has 0 aliphatic heterocycles. The van der Waals surface area contributed by atoms with Crippen LogP contribution in [0.2, 0.25) is 0 Å². The SMILES string of the molecule is CC(NCc1ccoc1)c1cc2ccccc2o1. The van der Waals surface area contributed by atoms with Gasteiger partial charge in [0, 0.05) is 17.5 Å². The molecule has 0 bridgehead atoms. The van der Waals surface area contributed by atoms with Crippen LogP contribution < -0.4 is 5.32 Å². The normalized spacial score (nSPS) is 12.9. The van der Waals surface area contributed by atoms with E-state index in [-0.39, 0.29) is 6.04 Å². The van der Waals surface area contributed by atoms with Crippen LogP contribution in [0.5, 0.6) is 0 Å². The lowest BCUT2D eigenvalue weighted by atomic mass is 10.2. The zero-order valence-electron chi connectivity index (χ0n) is 10.2. The first-order valence-corrected chi connectivity index (χ1v) is 6.06. The summed E-state index contributed by atoms with van der Waals surface area (Å²) < 4.78 is 10.9. The molecule has 0 aliphatic carbocycles. The average molecular weight is 241 g/mol. The van der Waals surface area contributed by atoms with Gasteiger partial charge < -0.3 is 14.2 Å². The second kappa shape index (κ2) is 4.70. The number of furan rings is 2. The predicted molar refractivity (Wildman–Crippen MR) is 70.2 cm³/mol. The highest BCUT2D eigenvalue weighted by Crippen LogP contribution is 2.23. The van der Waals surface area contributed by atoms with E-state index in [9.17, 15) is 0 Å². The molecule has 2 heterocycles. The van der Waals surface area contributed by atoms with E-state index in [0.717, 1.165) is 28.8 Å². The maximum atomic E-state index is 5.81. The van der Waals surface area contributed by atoms with Gasteiger partial charge in [-0.15, -0.1) is 0 Å². The third kappa shape index (κ3) is 2.17. The Labute approximate surface area is 105 Å². The van der Waals surface area contributed by atoms with Gasteiger partial charge in [0.25, 0.3) is 0 Å². The lowest BCUT2D eigenvalue weighted by Gasteiger charge is -2.09. The highest BCUT2D eigenvalue weighted by atomic mass is 16.3. The van der Waals surface area contributed by atoms with Gasteiger partial charge in [0.2, 0.25) is 0 Å². The fraction of sp³-hybridized carbons (Fsp3) is 0.200. The van der Waals surface area contributed by atoms with Gasteiger partial charge in [-0.1, -0.05) is 18.2 Å². The first-order chi connectivity index (χ1) is 8.83. The Morgan fingerprint density at radius 3 is 2.89 bits per heavy atom. The molecule has 3 heteroatoms. The number of rotatable bonds is 4. The Kier molecular flexibility index (Phi) is 2.90. The van der Waals surface area contributed by atoms with Crippen LogP contribution in [-0.4, -0.2) is 0 Å². The van der Waals surface area contributed by atoms with E-state index in [2.05, 4.69) is 24.4 Å². The third-order valence-electron chi connectivity index (χ3n) is 3.06. The summed E-state index contributed by atoms with van der Waals surface area (Å²) in [7, 11) is 0. The smallest absolute Gasteiger partial charge is 0.134 e. The van der Waals surface area contributed by atoms with E-state index < -0.39 is 0 Å². The predicted octanol–water partition coefficient (Wildman–Crippen LogP) is 3.88. The molecule has 0 aliphatic rings. The van der Waals surface area contributed by atoms with Crippen LogP contribution in [0.4, 0.5) is 0 Å². The number of para-hydroxylation sites is 1. The molecule has 0 saturated carbocycles. The average Bonchev–Trinajstić information content (AvgIpc) is 3.04. The second-order valence-corrected chi connectivity index (χ2v) is 4.42. The molecule has 18 heavy (non-hydrogen) atoms. The first kappa shape index (κ1) is 11.1. The van der Waals surface area contributed by atoms with Crippen molar-refractivity contribution in [3.05, 3.63) is 60.2 Å². The second-order valence-electron chi connectivity index (χ2n) is 4.42. The van der Waals surface area contributed by atoms with Crippen molar-refractivity contribution in [1.82, 2.24) is 5.32 Å². The van der Waals surface area contributed by atoms with Crippen molar-refractivity contribution in [3.8, 4) is 0 Å². The van der Waals surface area contributed by atoms with Gasteiger partial charge in [0.1, 0.15) is 11.3 Å². The Morgan fingerprint density at radius 2 is 2.11 bits per heavy atom. The minimum atomic E-state index is 0.173. The monoisotopic (exact) mass is 241 g/mol. The standard InChI is InChI=1S/C15H15NO2/c1-11(16-9-12-6-7-17-10-12)15-8-13-4-2-3-5-14(13)18-15/h2-8,10-11,16H,9H2,1H3. The van der Waals surface area contributed by atoms with E-state index in [1.165, 1.54) is 0 Å². The number of hydrogen-bond donors (Lipinski definition) is 1. The molecule has 2 aromatic heterocycles. The molecule has 3 rings (SSSR count). The molecular formula is C15H15NO2. The third-order valence-corrected chi connectivity index (χ3v) is 3.06. The quantitative estimate of drug-likeness (QED) is 0.753. The molecule has 1 atom stereocenters. The molecule has 1 aromatic carbocycles.